The van der Waals surface area contributed by atoms with Crippen LogP contribution in [-0.2, 0) is 0 Å². The Morgan fingerprint density at radius 1 is 1.08 bits per heavy atom. The monoisotopic (exact) mass is 350 g/mol. The maximum absolute atomic E-state index is 12.9. The number of ether oxygens (including phenoxy) is 1. The Morgan fingerprint density at radius 2 is 1.92 bits per heavy atom. The number of amides is 1. The first-order chi connectivity index (χ1) is 12.7. The van der Waals surface area contributed by atoms with E-state index in [4.69, 9.17) is 9.15 Å². The summed E-state index contributed by atoms with van der Waals surface area (Å²) in [5.74, 6) is 0.408. The molecule has 0 aliphatic heterocycles. The Bertz CT molecular complexity index is 1050. The summed E-state index contributed by atoms with van der Waals surface area (Å²) in [6, 6.07) is 11.9. The van der Waals surface area contributed by atoms with Gasteiger partial charge in [0.15, 0.2) is 11.2 Å². The number of hydrogen-bond donors (Lipinski definition) is 1. The Morgan fingerprint density at radius 3 is 2.73 bits per heavy atom. The number of anilines is 1. The smallest absolute Gasteiger partial charge is 0.418 e. The van der Waals surface area contributed by atoms with Crippen molar-refractivity contribution in [2.45, 2.75) is 0 Å². The van der Waals surface area contributed by atoms with E-state index in [0.29, 0.717) is 22.7 Å². The number of halogens is 1. The van der Waals surface area contributed by atoms with Gasteiger partial charge in [-0.1, -0.05) is 0 Å². The molecule has 0 fully saturated rings. The van der Waals surface area contributed by atoms with E-state index in [1.807, 2.05) is 0 Å². The molecule has 0 bridgehead atoms. The molecule has 7 nitrogen and oxygen atoms in total. The average molecular weight is 350 g/mol. The van der Waals surface area contributed by atoms with Crippen molar-refractivity contribution < 1.29 is 18.3 Å². The summed E-state index contributed by atoms with van der Waals surface area (Å²) in [6.07, 6.45) is 2.38. The summed E-state index contributed by atoms with van der Waals surface area (Å²) < 4.78 is 23.6. The molecule has 128 valence electrons. The molecule has 4 rings (SSSR count). The summed E-state index contributed by atoms with van der Waals surface area (Å²) >= 11 is 0. The number of hydrogen-bond acceptors (Lipinski definition) is 6. The minimum atomic E-state index is -0.750. The fourth-order valence-electron chi connectivity index (χ4n) is 2.26. The first-order valence-corrected chi connectivity index (χ1v) is 7.60. The van der Waals surface area contributed by atoms with Crippen LogP contribution in [0, 0.1) is 5.82 Å². The lowest BCUT2D eigenvalue weighted by atomic mass is 10.2. The van der Waals surface area contributed by atoms with Gasteiger partial charge >= 0.3 is 6.09 Å². The number of rotatable bonds is 3. The Balaban J connectivity index is 1.51. The minimum Gasteiger partial charge on any atom is -0.434 e. The van der Waals surface area contributed by atoms with Crippen LogP contribution < -0.4 is 10.1 Å². The van der Waals surface area contributed by atoms with E-state index in [2.05, 4.69) is 20.3 Å². The van der Waals surface area contributed by atoms with Gasteiger partial charge in [-0.25, -0.2) is 19.2 Å². The quantitative estimate of drug-likeness (QED) is 0.600. The topological polar surface area (TPSA) is 90.1 Å². The molecular weight excluding hydrogens is 339 g/mol. The average Bonchev–Trinajstić information content (AvgIpc) is 3.08. The van der Waals surface area contributed by atoms with Crippen LogP contribution in [0.5, 0.6) is 5.75 Å². The highest BCUT2D eigenvalue weighted by Crippen LogP contribution is 2.24. The standard InChI is InChI=1S/C18H11FN4O3/c19-12-3-5-13(6-4-12)25-18(24)22-15-10-11(7-9-20-15)17-23-16-14(26-17)2-1-8-21-16/h1-10H,(H,20,22,24). The van der Waals surface area contributed by atoms with Crippen LogP contribution in [0.1, 0.15) is 0 Å². The molecule has 0 saturated carbocycles. The van der Waals surface area contributed by atoms with Gasteiger partial charge in [0.1, 0.15) is 17.4 Å². The van der Waals surface area contributed by atoms with Crippen LogP contribution in [0.2, 0.25) is 0 Å². The summed E-state index contributed by atoms with van der Waals surface area (Å²) in [6.45, 7) is 0. The van der Waals surface area contributed by atoms with Crippen molar-refractivity contribution in [2.75, 3.05) is 5.32 Å². The van der Waals surface area contributed by atoms with Gasteiger partial charge < -0.3 is 9.15 Å². The first kappa shape index (κ1) is 15.7. The third-order valence-corrected chi connectivity index (χ3v) is 3.43. The van der Waals surface area contributed by atoms with E-state index >= 15 is 0 Å². The van der Waals surface area contributed by atoms with Gasteiger partial charge in [0.2, 0.25) is 5.89 Å². The second-order valence-corrected chi connectivity index (χ2v) is 5.24. The van der Waals surface area contributed by atoms with Crippen LogP contribution >= 0.6 is 0 Å². The Labute approximate surface area is 146 Å². The van der Waals surface area contributed by atoms with Gasteiger partial charge in [-0.05, 0) is 48.5 Å². The Kier molecular flexibility index (Phi) is 3.98. The molecule has 0 saturated heterocycles. The summed E-state index contributed by atoms with van der Waals surface area (Å²) in [4.78, 5) is 24.4. The molecule has 8 heteroatoms. The SMILES string of the molecule is O=C(Nc1cc(-c2nc3ncccc3o2)ccn1)Oc1ccc(F)cc1. The largest absolute Gasteiger partial charge is 0.434 e. The fraction of sp³-hybridized carbons (Fsp3) is 0. The molecule has 1 amide bonds. The highest BCUT2D eigenvalue weighted by molar-refractivity contribution is 5.86. The first-order valence-electron chi connectivity index (χ1n) is 7.60. The van der Waals surface area contributed by atoms with E-state index in [-0.39, 0.29) is 11.6 Å². The summed E-state index contributed by atoms with van der Waals surface area (Å²) in [7, 11) is 0. The third kappa shape index (κ3) is 3.34. The van der Waals surface area contributed by atoms with Crippen LogP contribution in [0.3, 0.4) is 0 Å². The number of carbonyl (C=O) groups excluding carboxylic acids is 1. The second kappa shape index (κ2) is 6.60. The third-order valence-electron chi connectivity index (χ3n) is 3.43. The molecule has 3 aromatic heterocycles. The molecule has 26 heavy (non-hydrogen) atoms. The van der Waals surface area contributed by atoms with E-state index in [9.17, 15) is 9.18 Å². The lowest BCUT2D eigenvalue weighted by molar-refractivity contribution is 0.215. The highest BCUT2D eigenvalue weighted by Gasteiger charge is 2.11. The summed E-state index contributed by atoms with van der Waals surface area (Å²) in [5.41, 5.74) is 1.67. The zero-order valence-electron chi connectivity index (χ0n) is 13.2. The molecule has 0 atom stereocenters. The molecular formula is C18H11FN4O3. The number of aromatic nitrogens is 3. The van der Waals surface area contributed by atoms with Crippen molar-refractivity contribution in [3.05, 3.63) is 66.7 Å². The van der Waals surface area contributed by atoms with Crippen LogP contribution in [0.4, 0.5) is 15.0 Å². The summed E-state index contributed by atoms with van der Waals surface area (Å²) in [5, 5.41) is 2.50. The molecule has 1 N–H and O–H groups in total. The number of oxazole rings is 1. The fourth-order valence-corrected chi connectivity index (χ4v) is 2.26. The van der Waals surface area contributed by atoms with Crippen molar-refractivity contribution in [2.24, 2.45) is 0 Å². The van der Waals surface area contributed by atoms with Crippen LogP contribution in [0.15, 0.2) is 65.3 Å². The van der Waals surface area contributed by atoms with E-state index < -0.39 is 11.9 Å². The molecule has 0 unspecified atom stereocenters. The predicted molar refractivity (Wildman–Crippen MR) is 91.1 cm³/mol. The lowest BCUT2D eigenvalue weighted by Gasteiger charge is -2.06. The van der Waals surface area contributed by atoms with Gasteiger partial charge in [-0.2, -0.15) is 4.98 Å². The number of benzene rings is 1. The molecule has 1 aromatic carbocycles. The predicted octanol–water partition coefficient (Wildman–Crippen LogP) is 4.03. The molecule has 0 aliphatic rings. The van der Waals surface area contributed by atoms with Gasteiger partial charge in [0.25, 0.3) is 0 Å². The van der Waals surface area contributed by atoms with Gasteiger partial charge in [-0.3, -0.25) is 5.32 Å². The second-order valence-electron chi connectivity index (χ2n) is 5.24. The van der Waals surface area contributed by atoms with Gasteiger partial charge in [0, 0.05) is 18.0 Å². The van der Waals surface area contributed by atoms with Crippen molar-refractivity contribution in [3.63, 3.8) is 0 Å². The molecule has 0 aliphatic carbocycles. The van der Waals surface area contributed by atoms with Crippen molar-refractivity contribution >= 4 is 23.1 Å². The normalized spacial score (nSPS) is 10.7. The minimum absolute atomic E-state index is 0.213. The van der Waals surface area contributed by atoms with E-state index in [1.54, 1.807) is 30.5 Å². The number of nitrogens with zero attached hydrogens (tertiary/aromatic N) is 3. The molecule has 0 radical (unpaired) electrons. The molecule has 3 heterocycles. The van der Waals surface area contributed by atoms with E-state index in [0.717, 1.165) is 0 Å². The van der Waals surface area contributed by atoms with Crippen molar-refractivity contribution in [1.29, 1.82) is 0 Å². The maximum atomic E-state index is 12.9. The zero-order chi connectivity index (χ0) is 17.9. The number of nitrogens with one attached hydrogen (secondary N) is 1. The molecule has 4 aromatic rings. The van der Waals surface area contributed by atoms with E-state index in [1.165, 1.54) is 30.5 Å². The Hall–Kier alpha value is -3.81. The zero-order valence-corrected chi connectivity index (χ0v) is 13.2. The number of fused-ring (bicyclic) bond motifs is 1. The van der Waals surface area contributed by atoms with Crippen molar-refractivity contribution in [3.8, 4) is 17.2 Å². The number of pyridine rings is 2. The van der Waals surface area contributed by atoms with Crippen LogP contribution in [0.25, 0.3) is 22.7 Å². The maximum Gasteiger partial charge on any atom is 0.418 e. The number of carbonyl (C=O) groups is 1. The van der Waals surface area contributed by atoms with Gasteiger partial charge in [0.05, 0.1) is 0 Å². The van der Waals surface area contributed by atoms with Crippen molar-refractivity contribution in [1.82, 2.24) is 15.0 Å². The highest BCUT2D eigenvalue weighted by atomic mass is 19.1. The van der Waals surface area contributed by atoms with Crippen LogP contribution in [-0.4, -0.2) is 21.0 Å². The van der Waals surface area contributed by atoms with Gasteiger partial charge in [-0.15, -0.1) is 0 Å². The lowest BCUT2D eigenvalue weighted by Crippen LogP contribution is -2.17. The molecule has 0 spiro atoms.